The van der Waals surface area contributed by atoms with Crippen LogP contribution in [-0.4, -0.2) is 30.4 Å². The first-order chi connectivity index (χ1) is 11.7. The first-order valence-corrected chi connectivity index (χ1v) is 8.84. The minimum absolute atomic E-state index is 0.0939. The number of nitrogens with one attached hydrogen (secondary N) is 1. The van der Waals surface area contributed by atoms with E-state index in [-0.39, 0.29) is 11.9 Å². The predicted molar refractivity (Wildman–Crippen MR) is 97.7 cm³/mol. The molecule has 24 heavy (non-hydrogen) atoms. The molecule has 1 aliphatic rings. The fourth-order valence-electron chi connectivity index (χ4n) is 3.28. The Labute approximate surface area is 144 Å². The molecule has 0 spiro atoms. The highest BCUT2D eigenvalue weighted by molar-refractivity contribution is 5.79. The average Bonchev–Trinajstić information content (AvgIpc) is 2.63. The summed E-state index contributed by atoms with van der Waals surface area (Å²) in [6.45, 7) is 4.83. The van der Waals surface area contributed by atoms with E-state index in [0.29, 0.717) is 6.54 Å². The molecule has 1 aliphatic heterocycles. The van der Waals surface area contributed by atoms with Gasteiger partial charge in [0, 0.05) is 0 Å². The lowest BCUT2D eigenvalue weighted by atomic mass is 9.98. The van der Waals surface area contributed by atoms with Gasteiger partial charge in [-0.25, -0.2) is 0 Å². The number of rotatable bonds is 5. The first-order valence-electron chi connectivity index (χ1n) is 8.84. The molecule has 3 heteroatoms. The van der Waals surface area contributed by atoms with Crippen molar-refractivity contribution in [1.29, 1.82) is 0 Å². The zero-order valence-electron chi connectivity index (χ0n) is 14.3. The van der Waals surface area contributed by atoms with Crippen LogP contribution in [-0.2, 0) is 4.79 Å². The number of likely N-dealkylation sites (tertiary alicyclic amines) is 1. The second kappa shape index (κ2) is 8.11. The Hall–Kier alpha value is -2.13. The van der Waals surface area contributed by atoms with Crippen LogP contribution in [0.4, 0.5) is 0 Å². The van der Waals surface area contributed by atoms with Gasteiger partial charge in [-0.3, -0.25) is 9.69 Å². The third kappa shape index (κ3) is 4.45. The van der Waals surface area contributed by atoms with Crippen molar-refractivity contribution in [2.75, 3.05) is 19.6 Å². The van der Waals surface area contributed by atoms with E-state index in [1.54, 1.807) is 0 Å². The van der Waals surface area contributed by atoms with Crippen LogP contribution in [0.1, 0.15) is 36.9 Å². The molecule has 1 saturated heterocycles. The molecule has 3 rings (SSSR count). The fraction of sp³-hybridized carbons (Fsp3) is 0.381. The molecule has 2 aromatic carbocycles. The zero-order chi connectivity index (χ0) is 16.8. The van der Waals surface area contributed by atoms with E-state index < -0.39 is 0 Å². The molecule has 0 radical (unpaired) electrons. The van der Waals surface area contributed by atoms with Gasteiger partial charge in [0.1, 0.15) is 0 Å². The maximum absolute atomic E-state index is 12.6. The van der Waals surface area contributed by atoms with E-state index in [4.69, 9.17) is 0 Å². The minimum atomic E-state index is -0.0939. The van der Waals surface area contributed by atoms with Crippen LogP contribution in [0.3, 0.4) is 0 Å². The molecule has 2 aromatic rings. The largest absolute Gasteiger partial charge is 0.344 e. The Balaban J connectivity index is 1.69. The molecule has 1 fully saturated rings. The molecule has 1 N–H and O–H groups in total. The molecule has 1 amide bonds. The van der Waals surface area contributed by atoms with E-state index in [0.717, 1.165) is 30.1 Å². The summed E-state index contributed by atoms with van der Waals surface area (Å²) in [5.41, 5.74) is 2.23. The summed E-state index contributed by atoms with van der Waals surface area (Å²) in [5.74, 6) is 0.882. The summed E-state index contributed by atoms with van der Waals surface area (Å²) in [6, 6.07) is 20.3. The van der Waals surface area contributed by atoms with Gasteiger partial charge in [0.15, 0.2) is 0 Å². The van der Waals surface area contributed by atoms with Gasteiger partial charge in [0.2, 0.25) is 5.91 Å². The highest BCUT2D eigenvalue weighted by Crippen LogP contribution is 2.22. The quantitative estimate of drug-likeness (QED) is 0.912. The average molecular weight is 322 g/mol. The summed E-state index contributed by atoms with van der Waals surface area (Å²) in [6.07, 6.45) is 2.38. The van der Waals surface area contributed by atoms with E-state index in [2.05, 4.69) is 41.4 Å². The van der Waals surface area contributed by atoms with Gasteiger partial charge in [-0.1, -0.05) is 67.6 Å². The van der Waals surface area contributed by atoms with Gasteiger partial charge < -0.3 is 5.32 Å². The molecule has 0 saturated carbocycles. The maximum atomic E-state index is 12.6. The molecule has 0 atom stereocenters. The van der Waals surface area contributed by atoms with Gasteiger partial charge in [-0.2, -0.15) is 0 Å². The standard InChI is InChI=1S/C21H26N2O/c1-17-12-14-23(15-13-17)16-20(24)22-21(18-8-4-2-5-9-18)19-10-6-3-7-11-19/h2-11,17,21H,12-16H2,1H3,(H,22,24). The summed E-state index contributed by atoms with van der Waals surface area (Å²) in [5, 5.41) is 3.23. The predicted octanol–water partition coefficient (Wildman–Crippen LogP) is 3.62. The molecule has 126 valence electrons. The number of benzene rings is 2. The number of amides is 1. The fourth-order valence-corrected chi connectivity index (χ4v) is 3.28. The molecule has 0 unspecified atom stereocenters. The molecule has 3 nitrogen and oxygen atoms in total. The number of hydrogen-bond donors (Lipinski definition) is 1. The number of carbonyl (C=O) groups excluding carboxylic acids is 1. The maximum Gasteiger partial charge on any atom is 0.234 e. The summed E-state index contributed by atoms with van der Waals surface area (Å²) in [4.78, 5) is 14.9. The lowest BCUT2D eigenvalue weighted by molar-refractivity contribution is -0.123. The third-order valence-electron chi connectivity index (χ3n) is 4.81. The molecular weight excluding hydrogens is 296 g/mol. The number of hydrogen-bond acceptors (Lipinski definition) is 2. The first kappa shape index (κ1) is 16.7. The monoisotopic (exact) mass is 322 g/mol. The second-order valence-electron chi connectivity index (χ2n) is 6.78. The van der Waals surface area contributed by atoms with Crippen molar-refractivity contribution in [2.24, 2.45) is 5.92 Å². The smallest absolute Gasteiger partial charge is 0.234 e. The topological polar surface area (TPSA) is 32.3 Å². The van der Waals surface area contributed by atoms with Gasteiger partial charge >= 0.3 is 0 Å². The van der Waals surface area contributed by atoms with Gasteiger partial charge in [0.05, 0.1) is 12.6 Å². The Bertz CT molecular complexity index is 594. The van der Waals surface area contributed by atoms with Crippen molar-refractivity contribution in [3.63, 3.8) is 0 Å². The van der Waals surface area contributed by atoms with Crippen molar-refractivity contribution >= 4 is 5.91 Å². The molecule has 1 heterocycles. The lowest BCUT2D eigenvalue weighted by Gasteiger charge is -2.30. The number of piperidine rings is 1. The van der Waals surface area contributed by atoms with Crippen molar-refractivity contribution in [1.82, 2.24) is 10.2 Å². The molecule has 0 aromatic heterocycles. The lowest BCUT2D eigenvalue weighted by Crippen LogP contribution is -2.42. The van der Waals surface area contributed by atoms with Crippen molar-refractivity contribution < 1.29 is 4.79 Å². The number of carbonyl (C=O) groups is 1. The van der Waals surface area contributed by atoms with Crippen LogP contribution < -0.4 is 5.32 Å². The van der Waals surface area contributed by atoms with Crippen molar-refractivity contribution in [2.45, 2.75) is 25.8 Å². The summed E-state index contributed by atoms with van der Waals surface area (Å²) in [7, 11) is 0. The normalized spacial score (nSPS) is 16.2. The Morgan fingerprint density at radius 1 is 1.00 bits per heavy atom. The van der Waals surface area contributed by atoms with Crippen LogP contribution in [0.5, 0.6) is 0 Å². The van der Waals surface area contributed by atoms with Crippen molar-refractivity contribution in [3.8, 4) is 0 Å². The third-order valence-corrected chi connectivity index (χ3v) is 4.81. The van der Waals surface area contributed by atoms with Crippen LogP contribution in [0, 0.1) is 5.92 Å². The van der Waals surface area contributed by atoms with E-state index in [1.807, 2.05) is 36.4 Å². The summed E-state index contributed by atoms with van der Waals surface area (Å²) >= 11 is 0. The molecule has 0 bridgehead atoms. The van der Waals surface area contributed by atoms with Crippen LogP contribution in [0.15, 0.2) is 60.7 Å². The number of nitrogens with zero attached hydrogens (tertiary/aromatic N) is 1. The van der Waals surface area contributed by atoms with Crippen molar-refractivity contribution in [3.05, 3.63) is 71.8 Å². The van der Waals surface area contributed by atoms with E-state index in [9.17, 15) is 4.79 Å². The Morgan fingerprint density at radius 2 is 1.50 bits per heavy atom. The van der Waals surface area contributed by atoms with Crippen LogP contribution in [0.25, 0.3) is 0 Å². The van der Waals surface area contributed by atoms with Crippen LogP contribution >= 0.6 is 0 Å². The van der Waals surface area contributed by atoms with E-state index >= 15 is 0 Å². The van der Waals surface area contributed by atoms with Crippen LogP contribution in [0.2, 0.25) is 0 Å². The highest BCUT2D eigenvalue weighted by atomic mass is 16.2. The Kier molecular flexibility index (Phi) is 5.65. The van der Waals surface area contributed by atoms with Gasteiger partial charge in [0.25, 0.3) is 0 Å². The van der Waals surface area contributed by atoms with E-state index in [1.165, 1.54) is 12.8 Å². The molecular formula is C21H26N2O. The zero-order valence-corrected chi connectivity index (χ0v) is 14.3. The Morgan fingerprint density at radius 3 is 2.00 bits per heavy atom. The SMILES string of the molecule is CC1CCN(CC(=O)NC(c2ccccc2)c2ccccc2)CC1. The summed E-state index contributed by atoms with van der Waals surface area (Å²) < 4.78 is 0. The molecule has 0 aliphatic carbocycles. The van der Waals surface area contributed by atoms with Gasteiger partial charge in [-0.05, 0) is 43.0 Å². The highest BCUT2D eigenvalue weighted by Gasteiger charge is 2.21. The van der Waals surface area contributed by atoms with Gasteiger partial charge in [-0.15, -0.1) is 0 Å². The minimum Gasteiger partial charge on any atom is -0.344 e. The second-order valence-corrected chi connectivity index (χ2v) is 6.78.